The minimum Gasteiger partial charge on any atom is -0.406 e. The molecule has 3 heterocycles. The number of alkyl halides is 5. The fourth-order valence-electron chi connectivity index (χ4n) is 3.91. The van der Waals surface area contributed by atoms with E-state index in [9.17, 15) is 22.0 Å². The SMILES string of the molecule is CN1CCC[C@@H](Nc2nnc(-c3ccc(OC(F)(F)F)cc3C(F)F)c3ccncc23)C1. The molecule has 6 nitrogen and oxygen atoms in total. The lowest BCUT2D eigenvalue weighted by Crippen LogP contribution is -2.40. The van der Waals surface area contributed by atoms with Gasteiger partial charge in [-0.25, -0.2) is 8.78 Å². The molecule has 0 amide bonds. The summed E-state index contributed by atoms with van der Waals surface area (Å²) < 4.78 is 68.8. The van der Waals surface area contributed by atoms with Crippen LogP contribution >= 0.6 is 0 Å². The van der Waals surface area contributed by atoms with E-state index in [0.29, 0.717) is 22.7 Å². The van der Waals surface area contributed by atoms with E-state index < -0.39 is 24.1 Å². The molecule has 0 unspecified atom stereocenters. The van der Waals surface area contributed by atoms with Gasteiger partial charge in [0, 0.05) is 46.9 Å². The number of pyridine rings is 1. The number of aromatic nitrogens is 3. The van der Waals surface area contributed by atoms with Crippen LogP contribution in [0.4, 0.5) is 27.8 Å². The van der Waals surface area contributed by atoms with Crippen molar-refractivity contribution in [3.63, 3.8) is 0 Å². The zero-order chi connectivity index (χ0) is 22.9. The van der Waals surface area contributed by atoms with E-state index in [0.717, 1.165) is 38.1 Å². The molecule has 1 fully saturated rings. The largest absolute Gasteiger partial charge is 0.573 e. The predicted molar refractivity (Wildman–Crippen MR) is 109 cm³/mol. The Kier molecular flexibility index (Phi) is 6.09. The molecule has 1 aliphatic heterocycles. The van der Waals surface area contributed by atoms with Crippen LogP contribution in [0, 0.1) is 0 Å². The number of nitrogens with zero attached hydrogens (tertiary/aromatic N) is 4. The number of fused-ring (bicyclic) bond motifs is 1. The summed E-state index contributed by atoms with van der Waals surface area (Å²) >= 11 is 0. The van der Waals surface area contributed by atoms with Crippen molar-refractivity contribution in [3.8, 4) is 17.0 Å². The van der Waals surface area contributed by atoms with Gasteiger partial charge < -0.3 is 15.0 Å². The highest BCUT2D eigenvalue weighted by Gasteiger charge is 2.32. The highest BCUT2D eigenvalue weighted by Crippen LogP contribution is 2.38. The van der Waals surface area contributed by atoms with Gasteiger partial charge in [-0.2, -0.15) is 0 Å². The van der Waals surface area contributed by atoms with Crippen molar-refractivity contribution in [2.24, 2.45) is 0 Å². The van der Waals surface area contributed by atoms with E-state index >= 15 is 0 Å². The van der Waals surface area contributed by atoms with Gasteiger partial charge in [-0.15, -0.1) is 23.4 Å². The van der Waals surface area contributed by atoms with Gasteiger partial charge in [0.2, 0.25) is 0 Å². The topological polar surface area (TPSA) is 63.2 Å². The molecule has 4 rings (SSSR count). The molecule has 1 atom stereocenters. The summed E-state index contributed by atoms with van der Waals surface area (Å²) in [6, 6.07) is 4.55. The lowest BCUT2D eigenvalue weighted by atomic mass is 10.00. The van der Waals surface area contributed by atoms with Crippen LogP contribution in [0.25, 0.3) is 22.0 Å². The van der Waals surface area contributed by atoms with Crippen LogP contribution < -0.4 is 10.1 Å². The van der Waals surface area contributed by atoms with Crippen LogP contribution in [-0.4, -0.2) is 52.6 Å². The average Bonchev–Trinajstić information content (AvgIpc) is 2.73. The Labute approximate surface area is 180 Å². The fraction of sp³-hybridized carbons (Fsp3) is 0.381. The normalized spacial score (nSPS) is 17.7. The third kappa shape index (κ3) is 4.87. The van der Waals surface area contributed by atoms with E-state index in [2.05, 4.69) is 30.1 Å². The molecule has 0 aliphatic carbocycles. The smallest absolute Gasteiger partial charge is 0.406 e. The van der Waals surface area contributed by atoms with Crippen LogP contribution in [-0.2, 0) is 0 Å². The van der Waals surface area contributed by atoms with Gasteiger partial charge in [-0.05, 0) is 50.7 Å². The Balaban J connectivity index is 1.75. The second kappa shape index (κ2) is 8.81. The number of anilines is 1. The summed E-state index contributed by atoms with van der Waals surface area (Å²) in [4.78, 5) is 6.31. The van der Waals surface area contributed by atoms with Gasteiger partial charge in [-0.1, -0.05) is 0 Å². The molecule has 0 saturated carbocycles. The Bertz CT molecular complexity index is 1110. The first-order valence-corrected chi connectivity index (χ1v) is 9.95. The van der Waals surface area contributed by atoms with E-state index in [1.807, 2.05) is 7.05 Å². The number of piperidine rings is 1. The Morgan fingerprint density at radius 2 is 1.97 bits per heavy atom. The van der Waals surface area contributed by atoms with Crippen molar-refractivity contribution in [2.45, 2.75) is 31.7 Å². The summed E-state index contributed by atoms with van der Waals surface area (Å²) in [7, 11) is 2.03. The number of halogens is 5. The summed E-state index contributed by atoms with van der Waals surface area (Å²) in [6.07, 6.45) is -3.00. The number of ether oxygens (including phenoxy) is 1. The van der Waals surface area contributed by atoms with Crippen LogP contribution in [0.1, 0.15) is 24.8 Å². The number of hydrogen-bond donors (Lipinski definition) is 1. The maximum atomic E-state index is 13.7. The van der Waals surface area contributed by atoms with Crippen molar-refractivity contribution in [1.29, 1.82) is 0 Å². The number of likely N-dealkylation sites (N-methyl/N-ethyl adjacent to an activating group) is 1. The minimum atomic E-state index is -4.99. The third-order valence-electron chi connectivity index (χ3n) is 5.29. The van der Waals surface area contributed by atoms with Crippen molar-refractivity contribution in [3.05, 3.63) is 42.2 Å². The molecule has 0 radical (unpaired) electrons. The van der Waals surface area contributed by atoms with E-state index in [4.69, 9.17) is 0 Å². The Hall–Kier alpha value is -3.08. The number of hydrogen-bond acceptors (Lipinski definition) is 6. The van der Waals surface area contributed by atoms with Crippen molar-refractivity contribution >= 4 is 16.6 Å². The molecule has 1 N–H and O–H groups in total. The summed E-state index contributed by atoms with van der Waals surface area (Å²) in [5.41, 5.74) is -0.529. The highest BCUT2D eigenvalue weighted by atomic mass is 19.4. The number of rotatable bonds is 5. The summed E-state index contributed by atoms with van der Waals surface area (Å²) in [5.74, 6) is -0.247. The van der Waals surface area contributed by atoms with E-state index in [1.165, 1.54) is 6.20 Å². The zero-order valence-electron chi connectivity index (χ0n) is 17.0. The van der Waals surface area contributed by atoms with Gasteiger partial charge in [0.25, 0.3) is 6.43 Å². The molecule has 3 aromatic rings. The van der Waals surface area contributed by atoms with Crippen LogP contribution in [0.5, 0.6) is 5.75 Å². The predicted octanol–water partition coefficient (Wildman–Crippen LogP) is 5.03. The number of likely N-dealkylation sites (tertiary alicyclic amines) is 1. The minimum absolute atomic E-state index is 0.0258. The first-order valence-electron chi connectivity index (χ1n) is 9.95. The third-order valence-corrected chi connectivity index (χ3v) is 5.29. The molecular formula is C21H20F5N5O. The molecule has 11 heteroatoms. The molecule has 170 valence electrons. The first kappa shape index (κ1) is 22.1. The molecule has 1 aliphatic rings. The van der Waals surface area contributed by atoms with Crippen molar-refractivity contribution < 1.29 is 26.7 Å². The zero-order valence-corrected chi connectivity index (χ0v) is 17.0. The molecule has 0 bridgehead atoms. The number of benzene rings is 1. The average molecular weight is 453 g/mol. The maximum Gasteiger partial charge on any atom is 0.573 e. The van der Waals surface area contributed by atoms with Crippen LogP contribution in [0.15, 0.2) is 36.7 Å². The highest BCUT2D eigenvalue weighted by molar-refractivity contribution is 6.00. The number of nitrogens with one attached hydrogen (secondary N) is 1. The molecule has 2 aromatic heterocycles. The van der Waals surface area contributed by atoms with Gasteiger partial charge in [0.15, 0.2) is 5.82 Å². The molecule has 1 saturated heterocycles. The quantitative estimate of drug-likeness (QED) is 0.547. The Morgan fingerprint density at radius 1 is 1.16 bits per heavy atom. The Morgan fingerprint density at radius 3 is 2.69 bits per heavy atom. The van der Waals surface area contributed by atoms with Gasteiger partial charge >= 0.3 is 6.36 Å². The standard InChI is InChI=1S/C21H20F5N5O/c1-31-8-2-3-12(11-31)28-20-17-10-27-7-6-15(17)18(29-30-20)14-5-4-13(32-21(24,25)26)9-16(14)19(22)23/h4-7,9-10,12,19H,2-3,8,11H2,1H3,(H,28,30)/t12-/m1/s1. The van der Waals surface area contributed by atoms with Crippen molar-refractivity contribution in [2.75, 3.05) is 25.5 Å². The monoisotopic (exact) mass is 453 g/mol. The lowest BCUT2D eigenvalue weighted by molar-refractivity contribution is -0.274. The van der Waals surface area contributed by atoms with Crippen LogP contribution in [0.3, 0.4) is 0 Å². The lowest BCUT2D eigenvalue weighted by Gasteiger charge is -2.30. The molecule has 32 heavy (non-hydrogen) atoms. The fourth-order valence-corrected chi connectivity index (χ4v) is 3.91. The second-order valence-electron chi connectivity index (χ2n) is 7.66. The maximum absolute atomic E-state index is 13.7. The molecule has 0 spiro atoms. The summed E-state index contributed by atoms with van der Waals surface area (Å²) in [6.45, 7) is 1.83. The van der Waals surface area contributed by atoms with E-state index in [-0.39, 0.29) is 17.3 Å². The summed E-state index contributed by atoms with van der Waals surface area (Å²) in [5, 5.41) is 12.8. The van der Waals surface area contributed by atoms with Crippen molar-refractivity contribution in [1.82, 2.24) is 20.1 Å². The molecule has 1 aromatic carbocycles. The van der Waals surface area contributed by atoms with E-state index in [1.54, 1.807) is 12.3 Å². The van der Waals surface area contributed by atoms with Crippen LogP contribution in [0.2, 0.25) is 0 Å². The van der Waals surface area contributed by atoms with Gasteiger partial charge in [-0.3, -0.25) is 4.98 Å². The second-order valence-corrected chi connectivity index (χ2v) is 7.66. The molecular weight excluding hydrogens is 433 g/mol. The van der Waals surface area contributed by atoms with Gasteiger partial charge in [0.05, 0.1) is 0 Å². The first-order chi connectivity index (χ1) is 15.2. The van der Waals surface area contributed by atoms with Gasteiger partial charge in [0.1, 0.15) is 11.4 Å².